The number of Topliss-reactive ketones (excluding diaryl/α,β-unsaturated/α-hetero) is 1. The first-order valence-electron chi connectivity index (χ1n) is 5.68. The van der Waals surface area contributed by atoms with Crippen molar-refractivity contribution >= 4 is 11.7 Å². The third kappa shape index (κ3) is 3.50. The van der Waals surface area contributed by atoms with Crippen molar-refractivity contribution in [3.63, 3.8) is 0 Å². The second-order valence-electron chi connectivity index (χ2n) is 4.03. The number of carbonyl (C=O) groups excluding carboxylic acids is 2. The molecule has 1 amide bonds. The summed E-state index contributed by atoms with van der Waals surface area (Å²) in [5.41, 5.74) is 1.58. The van der Waals surface area contributed by atoms with Crippen molar-refractivity contribution in [2.45, 2.75) is 52.4 Å². The molecule has 0 radical (unpaired) electrons. The molecule has 3 heteroatoms. The van der Waals surface area contributed by atoms with Crippen molar-refractivity contribution in [3.05, 3.63) is 11.3 Å². The van der Waals surface area contributed by atoms with Crippen LogP contribution in [0.1, 0.15) is 52.4 Å². The number of hydrogen-bond donors (Lipinski definition) is 1. The van der Waals surface area contributed by atoms with Crippen molar-refractivity contribution < 1.29 is 9.59 Å². The van der Waals surface area contributed by atoms with Crippen LogP contribution in [0, 0.1) is 0 Å². The van der Waals surface area contributed by atoms with Gasteiger partial charge in [-0.1, -0.05) is 19.8 Å². The minimum atomic E-state index is 0.0256. The molecule has 0 spiro atoms. The van der Waals surface area contributed by atoms with E-state index in [0.29, 0.717) is 19.3 Å². The molecule has 0 saturated heterocycles. The Labute approximate surface area is 90.9 Å². The van der Waals surface area contributed by atoms with Gasteiger partial charge in [-0.05, 0) is 19.8 Å². The zero-order valence-electron chi connectivity index (χ0n) is 9.56. The van der Waals surface area contributed by atoms with E-state index >= 15 is 0 Å². The predicted molar refractivity (Wildman–Crippen MR) is 59.2 cm³/mol. The van der Waals surface area contributed by atoms with Crippen LogP contribution in [0.2, 0.25) is 0 Å². The maximum atomic E-state index is 11.8. The lowest BCUT2D eigenvalue weighted by atomic mass is 9.96. The van der Waals surface area contributed by atoms with Gasteiger partial charge in [0, 0.05) is 24.1 Å². The number of hydrogen-bond acceptors (Lipinski definition) is 2. The molecule has 1 aliphatic heterocycles. The van der Waals surface area contributed by atoms with Crippen LogP contribution < -0.4 is 5.32 Å². The van der Waals surface area contributed by atoms with Gasteiger partial charge >= 0.3 is 0 Å². The van der Waals surface area contributed by atoms with Gasteiger partial charge < -0.3 is 5.32 Å². The second-order valence-corrected chi connectivity index (χ2v) is 4.03. The normalized spacial score (nSPS) is 16.5. The van der Waals surface area contributed by atoms with E-state index in [1.54, 1.807) is 0 Å². The van der Waals surface area contributed by atoms with Gasteiger partial charge in [0.1, 0.15) is 0 Å². The van der Waals surface area contributed by atoms with E-state index < -0.39 is 0 Å². The quantitative estimate of drug-likeness (QED) is 0.706. The van der Waals surface area contributed by atoms with Crippen LogP contribution in [0.3, 0.4) is 0 Å². The lowest BCUT2D eigenvalue weighted by Gasteiger charge is -2.17. The summed E-state index contributed by atoms with van der Waals surface area (Å²) in [5, 5.41) is 2.72. The van der Waals surface area contributed by atoms with Crippen LogP contribution in [0.25, 0.3) is 0 Å². The predicted octanol–water partition coefficient (Wildman–Crippen LogP) is 2.32. The Morgan fingerprint density at radius 3 is 2.67 bits per heavy atom. The minimum absolute atomic E-state index is 0.0256. The molecule has 3 nitrogen and oxygen atoms in total. The highest BCUT2D eigenvalue weighted by molar-refractivity contribution is 5.98. The van der Waals surface area contributed by atoms with E-state index in [1.807, 2.05) is 6.92 Å². The molecule has 0 atom stereocenters. The van der Waals surface area contributed by atoms with E-state index in [2.05, 4.69) is 12.2 Å². The van der Waals surface area contributed by atoms with Gasteiger partial charge in [0.15, 0.2) is 5.78 Å². The van der Waals surface area contributed by atoms with Gasteiger partial charge in [0.25, 0.3) is 0 Å². The first-order valence-corrected chi connectivity index (χ1v) is 5.68. The number of allylic oxidation sites excluding steroid dienone is 2. The monoisotopic (exact) mass is 209 g/mol. The van der Waals surface area contributed by atoms with Crippen molar-refractivity contribution in [1.82, 2.24) is 5.32 Å². The van der Waals surface area contributed by atoms with Crippen LogP contribution in [0.4, 0.5) is 0 Å². The maximum Gasteiger partial charge on any atom is 0.224 e. The number of amides is 1. The highest BCUT2D eigenvalue weighted by Gasteiger charge is 2.19. The van der Waals surface area contributed by atoms with Gasteiger partial charge in [-0.2, -0.15) is 0 Å². The zero-order valence-corrected chi connectivity index (χ0v) is 9.56. The van der Waals surface area contributed by atoms with Gasteiger partial charge in [-0.15, -0.1) is 0 Å². The summed E-state index contributed by atoms with van der Waals surface area (Å²) in [7, 11) is 0. The molecule has 15 heavy (non-hydrogen) atoms. The molecule has 0 aliphatic carbocycles. The van der Waals surface area contributed by atoms with Crippen molar-refractivity contribution in [3.8, 4) is 0 Å². The highest BCUT2D eigenvalue weighted by Crippen LogP contribution is 2.18. The number of rotatable bonds is 5. The van der Waals surface area contributed by atoms with Crippen molar-refractivity contribution in [2.24, 2.45) is 0 Å². The molecular formula is C12H19NO2. The summed E-state index contributed by atoms with van der Waals surface area (Å²) in [6, 6.07) is 0. The summed E-state index contributed by atoms with van der Waals surface area (Å²) in [6.07, 6.45) is 4.87. The fourth-order valence-electron chi connectivity index (χ4n) is 1.81. The smallest absolute Gasteiger partial charge is 0.224 e. The van der Waals surface area contributed by atoms with Gasteiger partial charge in [-0.25, -0.2) is 0 Å². The average Bonchev–Trinajstić information content (AvgIpc) is 2.17. The van der Waals surface area contributed by atoms with E-state index in [-0.39, 0.29) is 11.7 Å². The summed E-state index contributed by atoms with van der Waals surface area (Å²) in [5.74, 6) is 0.235. The highest BCUT2D eigenvalue weighted by atomic mass is 16.2. The standard InChI is InChI=1S/C12H19NO2/c1-3-4-5-6-11(14)10-7-8-12(15)13-9(10)2/h3-8H2,1-2H3,(H,13,15). The summed E-state index contributed by atoms with van der Waals surface area (Å²) in [4.78, 5) is 22.8. The molecule has 1 heterocycles. The average molecular weight is 209 g/mol. The molecule has 0 saturated carbocycles. The Kier molecular flexibility index (Phi) is 4.53. The van der Waals surface area contributed by atoms with E-state index in [4.69, 9.17) is 0 Å². The van der Waals surface area contributed by atoms with Gasteiger partial charge in [0.2, 0.25) is 5.91 Å². The Morgan fingerprint density at radius 2 is 2.07 bits per heavy atom. The number of unbranched alkanes of at least 4 members (excludes halogenated alkanes) is 2. The fraction of sp³-hybridized carbons (Fsp3) is 0.667. The Hall–Kier alpha value is -1.12. The van der Waals surface area contributed by atoms with E-state index in [1.165, 1.54) is 0 Å². The molecule has 0 bridgehead atoms. The van der Waals surface area contributed by atoms with Crippen molar-refractivity contribution in [1.29, 1.82) is 0 Å². The van der Waals surface area contributed by atoms with Crippen LogP contribution >= 0.6 is 0 Å². The first-order chi connectivity index (χ1) is 7.15. The van der Waals surface area contributed by atoms with Crippen LogP contribution in [-0.4, -0.2) is 11.7 Å². The Morgan fingerprint density at radius 1 is 1.33 bits per heavy atom. The minimum Gasteiger partial charge on any atom is -0.330 e. The molecule has 0 aromatic heterocycles. The molecule has 0 unspecified atom stereocenters. The van der Waals surface area contributed by atoms with E-state index in [9.17, 15) is 9.59 Å². The zero-order chi connectivity index (χ0) is 11.3. The topological polar surface area (TPSA) is 46.2 Å². The van der Waals surface area contributed by atoms with Crippen LogP contribution in [-0.2, 0) is 9.59 Å². The fourth-order valence-corrected chi connectivity index (χ4v) is 1.81. The Balaban J connectivity index is 2.51. The van der Waals surface area contributed by atoms with Crippen LogP contribution in [0.15, 0.2) is 11.3 Å². The summed E-state index contributed by atoms with van der Waals surface area (Å²) >= 11 is 0. The Bertz CT molecular complexity index is 292. The lowest BCUT2D eigenvalue weighted by molar-refractivity contribution is -0.121. The first kappa shape index (κ1) is 12.0. The van der Waals surface area contributed by atoms with Gasteiger partial charge in [-0.3, -0.25) is 9.59 Å². The van der Waals surface area contributed by atoms with E-state index in [0.717, 1.165) is 30.5 Å². The third-order valence-electron chi connectivity index (χ3n) is 2.73. The SMILES string of the molecule is CCCCCC(=O)C1=C(C)NC(=O)CC1. The second kappa shape index (κ2) is 5.69. The third-order valence-corrected chi connectivity index (χ3v) is 2.73. The van der Waals surface area contributed by atoms with Gasteiger partial charge in [0.05, 0.1) is 0 Å². The number of ketones is 1. The molecule has 1 N–H and O–H groups in total. The molecule has 0 fully saturated rings. The van der Waals surface area contributed by atoms with Crippen molar-refractivity contribution in [2.75, 3.05) is 0 Å². The lowest BCUT2D eigenvalue weighted by Crippen LogP contribution is -2.28. The number of nitrogens with one attached hydrogen (secondary N) is 1. The summed E-state index contributed by atoms with van der Waals surface area (Å²) < 4.78 is 0. The largest absolute Gasteiger partial charge is 0.330 e. The number of carbonyl (C=O) groups is 2. The molecule has 0 aromatic carbocycles. The molecule has 1 rings (SSSR count). The molecule has 0 aromatic rings. The maximum absolute atomic E-state index is 11.8. The molecule has 84 valence electrons. The molecular weight excluding hydrogens is 190 g/mol. The van der Waals surface area contributed by atoms with Crippen LogP contribution in [0.5, 0.6) is 0 Å². The molecule has 1 aliphatic rings. The summed E-state index contributed by atoms with van der Waals surface area (Å²) in [6.45, 7) is 3.93.